The number of anilines is 4. The van der Waals surface area contributed by atoms with E-state index >= 15 is 4.39 Å². The quantitative estimate of drug-likeness (QED) is 0.368. The average Bonchev–Trinajstić information content (AvgIpc) is 3.68. The fourth-order valence-corrected chi connectivity index (χ4v) is 5.30. The fourth-order valence-electron chi connectivity index (χ4n) is 4.80. The van der Waals surface area contributed by atoms with E-state index in [-0.39, 0.29) is 17.6 Å². The Labute approximate surface area is 220 Å². The molecule has 1 aliphatic carbocycles. The van der Waals surface area contributed by atoms with Gasteiger partial charge in [0.2, 0.25) is 16.0 Å². The molecule has 0 unspecified atom stereocenters. The maximum absolute atomic E-state index is 15.6. The molecule has 10 nitrogen and oxygen atoms in total. The maximum Gasteiger partial charge on any atom is 0.230 e. The van der Waals surface area contributed by atoms with E-state index in [9.17, 15) is 8.42 Å². The van der Waals surface area contributed by atoms with Crippen LogP contribution in [0.3, 0.4) is 0 Å². The number of hydrogen-bond acceptors (Lipinski definition) is 8. The van der Waals surface area contributed by atoms with E-state index in [1.807, 2.05) is 12.1 Å². The third kappa shape index (κ3) is 5.01. The first kappa shape index (κ1) is 24.6. The number of pyridine rings is 1. The van der Waals surface area contributed by atoms with Crippen LogP contribution < -0.4 is 14.9 Å². The Morgan fingerprint density at radius 2 is 1.74 bits per heavy atom. The van der Waals surface area contributed by atoms with Crippen molar-refractivity contribution in [2.75, 3.05) is 54.4 Å². The minimum absolute atomic E-state index is 0.0519. The summed E-state index contributed by atoms with van der Waals surface area (Å²) in [5.41, 5.74) is 2.85. The summed E-state index contributed by atoms with van der Waals surface area (Å²) in [5.74, 6) is 0.554. The van der Waals surface area contributed by atoms with Crippen LogP contribution in [0.5, 0.6) is 0 Å². The van der Waals surface area contributed by atoms with Gasteiger partial charge < -0.3 is 15.1 Å². The molecule has 0 bridgehead atoms. The van der Waals surface area contributed by atoms with E-state index in [1.165, 1.54) is 11.9 Å². The van der Waals surface area contributed by atoms with Crippen molar-refractivity contribution in [3.05, 3.63) is 60.2 Å². The van der Waals surface area contributed by atoms with Crippen LogP contribution >= 0.6 is 0 Å². The normalized spacial score (nSPS) is 16.7. The number of sulfonamides is 1. The van der Waals surface area contributed by atoms with E-state index in [2.05, 4.69) is 54.0 Å². The molecular weight excluding hydrogens is 507 g/mol. The smallest absolute Gasteiger partial charge is 0.230 e. The van der Waals surface area contributed by atoms with Crippen LogP contribution in [0.4, 0.5) is 27.5 Å². The van der Waals surface area contributed by atoms with Crippen LogP contribution in [-0.4, -0.2) is 72.3 Å². The van der Waals surface area contributed by atoms with E-state index in [4.69, 9.17) is 0 Å². The van der Waals surface area contributed by atoms with Crippen molar-refractivity contribution in [3.63, 3.8) is 0 Å². The van der Waals surface area contributed by atoms with Crippen LogP contribution in [0.1, 0.15) is 24.5 Å². The molecule has 0 atom stereocenters. The van der Waals surface area contributed by atoms with Crippen LogP contribution in [0.2, 0.25) is 0 Å². The highest BCUT2D eigenvalue weighted by atomic mass is 32.2. The molecule has 6 rings (SSSR count). The van der Waals surface area contributed by atoms with Crippen molar-refractivity contribution in [3.8, 4) is 5.82 Å². The number of piperazine rings is 1. The van der Waals surface area contributed by atoms with Gasteiger partial charge in [-0.05, 0) is 56.3 Å². The number of likely N-dealkylation sites (N-methyl/N-ethyl adjacent to an activating group) is 1. The first-order chi connectivity index (χ1) is 18.2. The van der Waals surface area contributed by atoms with Gasteiger partial charge in [0.05, 0.1) is 17.3 Å². The van der Waals surface area contributed by atoms with Crippen LogP contribution in [0, 0.1) is 5.82 Å². The van der Waals surface area contributed by atoms with Crippen molar-refractivity contribution in [2.45, 2.75) is 18.8 Å². The number of fused-ring (bicyclic) bond motifs is 1. The molecular formula is C26H29FN8O2S. The molecule has 2 fully saturated rings. The molecule has 1 saturated heterocycles. The summed E-state index contributed by atoms with van der Waals surface area (Å²) in [4.78, 5) is 18.2. The minimum atomic E-state index is -3.52. The van der Waals surface area contributed by atoms with Gasteiger partial charge >= 0.3 is 0 Å². The minimum Gasteiger partial charge on any atom is -0.369 e. The van der Waals surface area contributed by atoms with Gasteiger partial charge in [-0.3, -0.25) is 9.29 Å². The zero-order valence-corrected chi connectivity index (χ0v) is 22.0. The van der Waals surface area contributed by atoms with Crippen molar-refractivity contribution >= 4 is 44.2 Å². The summed E-state index contributed by atoms with van der Waals surface area (Å²) in [6.07, 6.45) is 4.28. The molecule has 198 valence electrons. The first-order valence-corrected chi connectivity index (χ1v) is 14.5. The predicted molar refractivity (Wildman–Crippen MR) is 146 cm³/mol. The summed E-state index contributed by atoms with van der Waals surface area (Å²) in [6.45, 7) is 4.05. The highest BCUT2D eigenvalue weighted by molar-refractivity contribution is 7.92. The molecule has 38 heavy (non-hydrogen) atoms. The lowest BCUT2D eigenvalue weighted by molar-refractivity contribution is 0.313. The summed E-state index contributed by atoms with van der Waals surface area (Å²) >= 11 is 0. The zero-order chi connectivity index (χ0) is 26.4. The summed E-state index contributed by atoms with van der Waals surface area (Å²) in [6, 6.07) is 13.1. The molecule has 1 saturated carbocycles. The van der Waals surface area contributed by atoms with Crippen LogP contribution in [0.15, 0.2) is 48.7 Å². The Bertz CT molecular complexity index is 1590. The van der Waals surface area contributed by atoms with Gasteiger partial charge in [-0.15, -0.1) is 0 Å². The molecule has 1 aromatic carbocycles. The standard InChI is InChI=1S/C26H29FN8O2S/c1-33-12-14-34(15-13-33)19-10-8-18(9-11-19)29-26-28-16-20-23(27)24(17-6-7-17)35(25(20)31-26)22-5-3-4-21(30-22)32-38(2,36)37/h3-5,8-11,16-17H,6-7,12-15H2,1-2H3,(H,30,32)(H,28,29,31). The summed E-state index contributed by atoms with van der Waals surface area (Å²) in [5, 5.41) is 3.53. The zero-order valence-electron chi connectivity index (χ0n) is 21.2. The number of nitrogens with zero attached hydrogens (tertiary/aromatic N) is 6. The number of aromatic nitrogens is 4. The largest absolute Gasteiger partial charge is 0.369 e. The molecule has 2 N–H and O–H groups in total. The van der Waals surface area contributed by atoms with Crippen molar-refractivity contribution in [1.29, 1.82) is 0 Å². The second-order valence-electron chi connectivity index (χ2n) is 9.96. The topological polar surface area (TPSA) is 108 Å². The Balaban J connectivity index is 1.33. The summed E-state index contributed by atoms with van der Waals surface area (Å²) in [7, 11) is -1.38. The van der Waals surface area contributed by atoms with Gasteiger partial charge in [0, 0.05) is 49.7 Å². The fraction of sp³-hybridized carbons (Fsp3) is 0.346. The molecule has 12 heteroatoms. The average molecular weight is 537 g/mol. The van der Waals surface area contributed by atoms with Gasteiger partial charge in [0.15, 0.2) is 11.5 Å². The van der Waals surface area contributed by atoms with Gasteiger partial charge in [0.1, 0.15) is 11.6 Å². The highest BCUT2D eigenvalue weighted by Crippen LogP contribution is 2.45. The van der Waals surface area contributed by atoms with E-state index in [0.717, 1.165) is 51.0 Å². The third-order valence-electron chi connectivity index (χ3n) is 6.89. The number of benzene rings is 1. The number of rotatable bonds is 7. The monoisotopic (exact) mass is 536 g/mol. The van der Waals surface area contributed by atoms with Crippen molar-refractivity contribution in [2.24, 2.45) is 0 Å². The maximum atomic E-state index is 15.6. The second kappa shape index (κ2) is 9.52. The highest BCUT2D eigenvalue weighted by Gasteiger charge is 2.34. The number of nitrogens with one attached hydrogen (secondary N) is 2. The SMILES string of the molecule is CN1CCN(c2ccc(Nc3ncc4c(F)c(C5CC5)n(-c5cccc(NS(C)(=O)=O)n5)c4n3)cc2)CC1. The van der Waals surface area contributed by atoms with E-state index < -0.39 is 10.0 Å². The Morgan fingerprint density at radius 3 is 2.42 bits per heavy atom. The molecule has 4 aromatic rings. The van der Waals surface area contributed by atoms with Gasteiger partial charge in [0.25, 0.3) is 0 Å². The molecule has 1 aliphatic heterocycles. The molecule has 3 aromatic heterocycles. The lowest BCUT2D eigenvalue weighted by Gasteiger charge is -2.34. The van der Waals surface area contributed by atoms with Crippen molar-refractivity contribution < 1.29 is 12.8 Å². The molecule has 0 radical (unpaired) electrons. The van der Waals surface area contributed by atoms with Gasteiger partial charge in [-0.25, -0.2) is 22.8 Å². The molecule has 0 spiro atoms. The Hall–Kier alpha value is -3.77. The lowest BCUT2D eigenvalue weighted by Crippen LogP contribution is -2.44. The predicted octanol–water partition coefficient (Wildman–Crippen LogP) is 3.70. The van der Waals surface area contributed by atoms with Crippen LogP contribution in [-0.2, 0) is 10.0 Å². The number of halogens is 1. The van der Waals surface area contributed by atoms with E-state index in [1.54, 1.807) is 22.8 Å². The Kier molecular flexibility index (Phi) is 6.15. The molecule has 2 aliphatic rings. The molecule has 0 amide bonds. The summed E-state index contributed by atoms with van der Waals surface area (Å²) < 4.78 is 43.1. The van der Waals surface area contributed by atoms with Crippen LogP contribution in [0.25, 0.3) is 16.9 Å². The second-order valence-corrected chi connectivity index (χ2v) is 11.7. The number of hydrogen-bond donors (Lipinski definition) is 2. The Morgan fingerprint density at radius 1 is 1.00 bits per heavy atom. The van der Waals surface area contributed by atoms with E-state index in [0.29, 0.717) is 28.5 Å². The first-order valence-electron chi connectivity index (χ1n) is 12.6. The van der Waals surface area contributed by atoms with Crippen molar-refractivity contribution in [1.82, 2.24) is 24.4 Å². The third-order valence-corrected chi connectivity index (χ3v) is 7.47. The lowest BCUT2D eigenvalue weighted by atomic mass is 10.2. The molecule has 4 heterocycles. The van der Waals surface area contributed by atoms with Gasteiger partial charge in [-0.2, -0.15) is 4.98 Å². The van der Waals surface area contributed by atoms with Gasteiger partial charge in [-0.1, -0.05) is 6.07 Å².